The Morgan fingerprint density at radius 2 is 1.71 bits per heavy atom. The van der Waals surface area contributed by atoms with E-state index in [1.807, 2.05) is 35.7 Å². The van der Waals surface area contributed by atoms with E-state index in [0.29, 0.717) is 11.5 Å². The molecule has 1 aromatic heterocycles. The van der Waals surface area contributed by atoms with Gasteiger partial charge >= 0.3 is 0 Å². The highest BCUT2D eigenvalue weighted by Gasteiger charge is 2.49. The summed E-state index contributed by atoms with van der Waals surface area (Å²) in [5.41, 5.74) is 1.52. The van der Waals surface area contributed by atoms with Crippen LogP contribution < -0.4 is 4.90 Å². The van der Waals surface area contributed by atoms with Crippen molar-refractivity contribution in [3.63, 3.8) is 0 Å². The lowest BCUT2D eigenvalue weighted by molar-refractivity contribution is 0.00915. The highest BCUT2D eigenvalue weighted by atomic mass is 35.5. The van der Waals surface area contributed by atoms with Crippen LogP contribution in [0.3, 0.4) is 0 Å². The van der Waals surface area contributed by atoms with Crippen LogP contribution in [0.5, 0.6) is 0 Å². The first kappa shape index (κ1) is 22.8. The number of anilines is 1. The van der Waals surface area contributed by atoms with Crippen molar-refractivity contribution in [3.8, 4) is 0 Å². The number of hydrogen-bond donors (Lipinski definition) is 0. The molecule has 2 heterocycles. The maximum Gasteiger partial charge on any atom is 0.268 e. The van der Waals surface area contributed by atoms with Gasteiger partial charge in [-0.3, -0.25) is 4.79 Å². The fraction of sp³-hybridized carbons (Fsp3) is 0.577. The van der Waals surface area contributed by atoms with E-state index in [1.165, 1.54) is 64.6 Å². The third-order valence-electron chi connectivity index (χ3n) is 7.85. The zero-order valence-corrected chi connectivity index (χ0v) is 20.0. The molecule has 2 aromatic rings. The van der Waals surface area contributed by atoms with Gasteiger partial charge in [0.05, 0.1) is 4.88 Å². The van der Waals surface area contributed by atoms with Crippen LogP contribution in [0.15, 0.2) is 47.8 Å². The van der Waals surface area contributed by atoms with E-state index in [4.69, 9.17) is 0 Å². The highest BCUT2D eigenvalue weighted by molar-refractivity contribution is 7.12. The normalized spacial score (nSPS) is 21.9. The molecule has 1 saturated heterocycles. The lowest BCUT2D eigenvalue weighted by Gasteiger charge is -2.55. The second-order valence-electron chi connectivity index (χ2n) is 9.85. The predicted molar refractivity (Wildman–Crippen MR) is 133 cm³/mol. The van der Waals surface area contributed by atoms with E-state index in [9.17, 15) is 4.79 Å². The topological polar surface area (TPSA) is 23.6 Å². The summed E-state index contributed by atoms with van der Waals surface area (Å²) in [4.78, 5) is 19.0. The summed E-state index contributed by atoms with van der Waals surface area (Å²) in [6.07, 6.45) is 12.2. The first-order valence-electron chi connectivity index (χ1n) is 11.9. The van der Waals surface area contributed by atoms with Gasteiger partial charge in [0, 0.05) is 18.3 Å². The third-order valence-corrected chi connectivity index (χ3v) is 8.70. The Labute approximate surface area is 197 Å². The van der Waals surface area contributed by atoms with Crippen LogP contribution in [-0.4, -0.2) is 36.5 Å². The van der Waals surface area contributed by atoms with Gasteiger partial charge in [-0.1, -0.05) is 43.5 Å². The Bertz CT molecular complexity index is 818. The maximum absolute atomic E-state index is 13.3. The minimum Gasteiger partial charge on any atom is -0.305 e. The number of benzene rings is 1. The van der Waals surface area contributed by atoms with Crippen LogP contribution >= 0.6 is 23.7 Å². The van der Waals surface area contributed by atoms with Crippen molar-refractivity contribution in [1.29, 1.82) is 0 Å². The first-order chi connectivity index (χ1) is 14.7. The number of halogens is 1. The van der Waals surface area contributed by atoms with E-state index in [0.717, 1.165) is 29.3 Å². The molecule has 3 aliphatic rings. The molecule has 0 radical (unpaired) electrons. The van der Waals surface area contributed by atoms with Gasteiger partial charge in [-0.2, -0.15) is 0 Å². The van der Waals surface area contributed by atoms with Crippen molar-refractivity contribution >= 4 is 35.3 Å². The van der Waals surface area contributed by atoms with Gasteiger partial charge < -0.3 is 9.80 Å². The number of piperidine rings is 1. The molecule has 0 N–H and O–H groups in total. The van der Waals surface area contributed by atoms with Crippen molar-refractivity contribution in [2.75, 3.05) is 24.5 Å². The van der Waals surface area contributed by atoms with E-state index >= 15 is 0 Å². The molecule has 0 atom stereocenters. The number of hydrogen-bond acceptors (Lipinski definition) is 3. The summed E-state index contributed by atoms with van der Waals surface area (Å²) < 4.78 is 0. The Hall–Kier alpha value is -1.36. The predicted octanol–water partition coefficient (Wildman–Crippen LogP) is 6.64. The third kappa shape index (κ3) is 5.02. The lowest BCUT2D eigenvalue weighted by Crippen LogP contribution is -2.57. The molecule has 3 fully saturated rings. The van der Waals surface area contributed by atoms with E-state index < -0.39 is 0 Å². The fourth-order valence-electron chi connectivity index (χ4n) is 6.08. The molecule has 31 heavy (non-hydrogen) atoms. The average Bonchev–Trinajstić information content (AvgIpc) is 3.30. The zero-order valence-electron chi connectivity index (χ0n) is 18.4. The van der Waals surface area contributed by atoms with E-state index in [1.54, 1.807) is 11.3 Å². The molecule has 2 aliphatic carbocycles. The zero-order chi connectivity index (χ0) is 20.4. The number of para-hydroxylation sites is 1. The smallest absolute Gasteiger partial charge is 0.268 e. The molecule has 2 saturated carbocycles. The van der Waals surface area contributed by atoms with Gasteiger partial charge in [-0.15, -0.1) is 23.7 Å². The summed E-state index contributed by atoms with van der Waals surface area (Å²) in [5, 5.41) is 2.00. The fourth-order valence-corrected chi connectivity index (χ4v) is 6.74. The van der Waals surface area contributed by atoms with Gasteiger partial charge in [-0.05, 0) is 86.5 Å². The molecule has 0 unspecified atom stereocenters. The van der Waals surface area contributed by atoms with E-state index in [-0.39, 0.29) is 18.3 Å². The number of amides is 1. The standard InChI is InChI=1S/C26H34N2OS.ClH/c29-25(24-12-7-17-30-24)28(22-10-5-2-6-11-22)23-18-26(19-23)13-15-27(16-14-26)20-21-8-3-1-4-9-21;/h2,5-7,10-12,17,21,23H,1,3-4,8-9,13-16,18-20H2;1H. The molecule has 1 spiro atoms. The maximum atomic E-state index is 13.3. The van der Waals surface area contributed by atoms with Crippen molar-refractivity contribution in [2.24, 2.45) is 11.3 Å². The number of carbonyl (C=O) groups excluding carboxylic acids is 1. The Kier molecular flexibility index (Phi) is 7.40. The van der Waals surface area contributed by atoms with Gasteiger partial charge in [0.2, 0.25) is 0 Å². The molecule has 168 valence electrons. The number of nitrogens with zero attached hydrogens (tertiary/aromatic N) is 2. The number of thiophene rings is 1. The first-order valence-corrected chi connectivity index (χ1v) is 12.7. The second-order valence-corrected chi connectivity index (χ2v) is 10.8. The molecule has 3 nitrogen and oxygen atoms in total. The number of likely N-dealkylation sites (tertiary alicyclic amines) is 1. The Morgan fingerprint density at radius 1 is 1.00 bits per heavy atom. The molecular weight excluding hydrogens is 424 g/mol. The van der Waals surface area contributed by atoms with Gasteiger partial charge in [0.15, 0.2) is 0 Å². The monoisotopic (exact) mass is 458 g/mol. The van der Waals surface area contributed by atoms with E-state index in [2.05, 4.69) is 21.9 Å². The summed E-state index contributed by atoms with van der Waals surface area (Å²) >= 11 is 1.55. The van der Waals surface area contributed by atoms with Crippen LogP contribution in [-0.2, 0) is 0 Å². The Morgan fingerprint density at radius 3 is 2.35 bits per heavy atom. The second kappa shape index (κ2) is 10.1. The summed E-state index contributed by atoms with van der Waals surface area (Å²) in [6.45, 7) is 3.84. The lowest BCUT2D eigenvalue weighted by atomic mass is 9.60. The quantitative estimate of drug-likeness (QED) is 0.501. The molecule has 5 heteroatoms. The summed E-state index contributed by atoms with van der Waals surface area (Å²) in [6, 6.07) is 14.6. The molecular formula is C26H35ClN2OS. The number of carbonyl (C=O) groups is 1. The van der Waals surface area contributed by atoms with Crippen molar-refractivity contribution in [3.05, 3.63) is 52.7 Å². The van der Waals surface area contributed by atoms with Gasteiger partial charge in [0.25, 0.3) is 5.91 Å². The van der Waals surface area contributed by atoms with Crippen LogP contribution in [0.25, 0.3) is 0 Å². The van der Waals surface area contributed by atoms with Gasteiger partial charge in [0.1, 0.15) is 0 Å². The van der Waals surface area contributed by atoms with Crippen molar-refractivity contribution in [2.45, 2.75) is 63.8 Å². The SMILES string of the molecule is Cl.O=C(c1cccs1)N(c1ccccc1)C1CC2(CCN(CC3CCCCC3)CC2)C1. The summed E-state index contributed by atoms with van der Waals surface area (Å²) in [5.74, 6) is 1.12. The summed E-state index contributed by atoms with van der Waals surface area (Å²) in [7, 11) is 0. The van der Waals surface area contributed by atoms with Crippen LogP contribution in [0.4, 0.5) is 5.69 Å². The van der Waals surface area contributed by atoms with Gasteiger partial charge in [-0.25, -0.2) is 0 Å². The molecule has 0 bridgehead atoms. The van der Waals surface area contributed by atoms with Crippen LogP contribution in [0, 0.1) is 11.3 Å². The van der Waals surface area contributed by atoms with Crippen molar-refractivity contribution in [1.82, 2.24) is 4.90 Å². The van der Waals surface area contributed by atoms with Crippen LogP contribution in [0.1, 0.15) is 67.5 Å². The average molecular weight is 459 g/mol. The molecule has 5 rings (SSSR count). The number of rotatable bonds is 5. The Balaban J connectivity index is 0.00000231. The highest BCUT2D eigenvalue weighted by Crippen LogP contribution is 2.52. The largest absolute Gasteiger partial charge is 0.305 e. The minimum absolute atomic E-state index is 0. The van der Waals surface area contributed by atoms with Crippen molar-refractivity contribution < 1.29 is 4.79 Å². The minimum atomic E-state index is 0. The molecule has 1 aromatic carbocycles. The molecule has 1 aliphatic heterocycles. The van der Waals surface area contributed by atoms with Crippen LogP contribution in [0.2, 0.25) is 0 Å². The molecule has 1 amide bonds.